The lowest BCUT2D eigenvalue weighted by Crippen LogP contribution is -2.32. The van der Waals surface area contributed by atoms with Crippen LogP contribution >= 0.6 is 0 Å². The normalized spacial score (nSPS) is 12.6. The standard InChI is InChI=1S/C17H20FN3O5S/c1-3-26-27(24,25)14-8-13(19)16(17(23)20-9-10(2)22)21-15(14)11-4-6-12(18)7-5-11/h4-8,10,22H,3,9,19H2,1-2H3,(H,20,23)/t10-/m0/s1. The molecule has 0 radical (unpaired) electrons. The van der Waals surface area contributed by atoms with Crippen LogP contribution in [0, 0.1) is 5.82 Å². The van der Waals surface area contributed by atoms with Gasteiger partial charge >= 0.3 is 0 Å². The molecule has 0 aliphatic carbocycles. The molecule has 0 aliphatic heterocycles. The Labute approximate surface area is 156 Å². The molecule has 146 valence electrons. The lowest BCUT2D eigenvalue weighted by Gasteiger charge is -2.14. The minimum absolute atomic E-state index is 0.0369. The molecule has 0 fully saturated rings. The smallest absolute Gasteiger partial charge is 0.299 e. The Kier molecular flexibility index (Phi) is 6.47. The van der Waals surface area contributed by atoms with Crippen molar-refractivity contribution in [1.82, 2.24) is 10.3 Å². The van der Waals surface area contributed by atoms with E-state index in [0.717, 1.165) is 18.2 Å². The number of aromatic nitrogens is 1. The highest BCUT2D eigenvalue weighted by atomic mass is 32.2. The van der Waals surface area contributed by atoms with Crippen molar-refractivity contribution in [3.05, 3.63) is 41.8 Å². The van der Waals surface area contributed by atoms with E-state index in [4.69, 9.17) is 9.92 Å². The van der Waals surface area contributed by atoms with Gasteiger partial charge in [0.25, 0.3) is 16.0 Å². The first-order chi connectivity index (χ1) is 12.7. The van der Waals surface area contributed by atoms with Gasteiger partial charge in [0.15, 0.2) is 5.69 Å². The Morgan fingerprint density at radius 2 is 2.00 bits per heavy atom. The van der Waals surface area contributed by atoms with Crippen molar-refractivity contribution in [2.45, 2.75) is 24.8 Å². The predicted octanol–water partition coefficient (Wildman–Crippen LogP) is 1.31. The van der Waals surface area contributed by atoms with E-state index < -0.39 is 27.9 Å². The number of hydrogen-bond acceptors (Lipinski definition) is 7. The van der Waals surface area contributed by atoms with E-state index in [1.54, 1.807) is 0 Å². The van der Waals surface area contributed by atoms with E-state index in [9.17, 15) is 22.7 Å². The molecule has 27 heavy (non-hydrogen) atoms. The molecule has 1 amide bonds. The van der Waals surface area contributed by atoms with Gasteiger partial charge in [0.05, 0.1) is 24.1 Å². The number of nitrogens with two attached hydrogens (primary N) is 1. The van der Waals surface area contributed by atoms with Crippen molar-refractivity contribution in [2.24, 2.45) is 0 Å². The summed E-state index contributed by atoms with van der Waals surface area (Å²) in [6.45, 7) is 2.84. The van der Waals surface area contributed by atoms with E-state index in [1.807, 2.05) is 0 Å². The summed E-state index contributed by atoms with van der Waals surface area (Å²) < 4.78 is 42.9. The van der Waals surface area contributed by atoms with Crippen molar-refractivity contribution in [3.63, 3.8) is 0 Å². The maximum Gasteiger partial charge on any atom is 0.299 e. The minimum Gasteiger partial charge on any atom is -0.397 e. The number of benzene rings is 1. The van der Waals surface area contributed by atoms with Crippen LogP contribution in [0.3, 0.4) is 0 Å². The van der Waals surface area contributed by atoms with Crippen LogP contribution in [0.1, 0.15) is 24.3 Å². The van der Waals surface area contributed by atoms with Gasteiger partial charge in [0, 0.05) is 12.1 Å². The molecule has 10 heteroatoms. The van der Waals surface area contributed by atoms with Gasteiger partial charge in [-0.1, -0.05) is 0 Å². The summed E-state index contributed by atoms with van der Waals surface area (Å²) in [5, 5.41) is 11.7. The number of halogens is 1. The van der Waals surface area contributed by atoms with Gasteiger partial charge in [0.2, 0.25) is 0 Å². The number of aliphatic hydroxyl groups excluding tert-OH is 1. The highest BCUT2D eigenvalue weighted by Gasteiger charge is 2.25. The monoisotopic (exact) mass is 397 g/mol. The number of nitrogen functional groups attached to an aromatic ring is 1. The molecule has 1 atom stereocenters. The Balaban J connectivity index is 2.63. The van der Waals surface area contributed by atoms with Crippen molar-refractivity contribution in [1.29, 1.82) is 0 Å². The second-order valence-corrected chi connectivity index (χ2v) is 7.28. The highest BCUT2D eigenvalue weighted by Crippen LogP contribution is 2.30. The number of aliphatic hydroxyl groups is 1. The molecule has 0 saturated heterocycles. The number of carbonyl (C=O) groups is 1. The van der Waals surface area contributed by atoms with Gasteiger partial charge in [-0.2, -0.15) is 8.42 Å². The zero-order chi connectivity index (χ0) is 20.2. The first kappa shape index (κ1) is 20.7. The summed E-state index contributed by atoms with van der Waals surface area (Å²) in [4.78, 5) is 16.1. The van der Waals surface area contributed by atoms with E-state index in [-0.39, 0.29) is 40.7 Å². The summed E-state index contributed by atoms with van der Waals surface area (Å²) in [6.07, 6.45) is -0.788. The molecule has 1 aromatic heterocycles. The van der Waals surface area contributed by atoms with E-state index in [1.165, 1.54) is 26.0 Å². The van der Waals surface area contributed by atoms with Gasteiger partial charge in [-0.05, 0) is 44.2 Å². The molecule has 0 bridgehead atoms. The van der Waals surface area contributed by atoms with Crippen molar-refractivity contribution < 1.29 is 26.9 Å². The number of pyridine rings is 1. The van der Waals surface area contributed by atoms with Crippen LogP contribution in [0.4, 0.5) is 10.1 Å². The number of nitrogens with one attached hydrogen (secondary N) is 1. The first-order valence-corrected chi connectivity index (χ1v) is 9.48. The van der Waals surface area contributed by atoms with Crippen molar-refractivity contribution >= 4 is 21.7 Å². The lowest BCUT2D eigenvalue weighted by molar-refractivity contribution is 0.0920. The van der Waals surface area contributed by atoms with Crippen molar-refractivity contribution in [2.75, 3.05) is 18.9 Å². The largest absolute Gasteiger partial charge is 0.397 e. The number of nitrogens with zero attached hydrogens (tertiary/aromatic N) is 1. The Bertz CT molecular complexity index is 930. The molecule has 4 N–H and O–H groups in total. The Hall–Kier alpha value is -2.56. The number of anilines is 1. The SMILES string of the molecule is CCOS(=O)(=O)c1cc(N)c(C(=O)NC[C@H](C)O)nc1-c1ccc(F)cc1. The third kappa shape index (κ3) is 5.00. The van der Waals surface area contributed by atoms with E-state index >= 15 is 0 Å². The van der Waals surface area contributed by atoms with Crippen LogP contribution in [0.5, 0.6) is 0 Å². The number of carbonyl (C=O) groups excluding carboxylic acids is 1. The summed E-state index contributed by atoms with van der Waals surface area (Å²) in [7, 11) is -4.20. The topological polar surface area (TPSA) is 132 Å². The number of rotatable bonds is 7. The molecule has 0 unspecified atom stereocenters. The Morgan fingerprint density at radius 1 is 1.37 bits per heavy atom. The molecule has 2 aromatic rings. The minimum atomic E-state index is -4.20. The van der Waals surface area contributed by atoms with Gasteiger partial charge in [-0.25, -0.2) is 9.37 Å². The molecule has 2 rings (SSSR count). The molecular formula is C17H20FN3O5S. The number of hydrogen-bond donors (Lipinski definition) is 3. The fourth-order valence-electron chi connectivity index (χ4n) is 2.24. The average Bonchev–Trinajstić information content (AvgIpc) is 2.60. The number of amides is 1. The van der Waals surface area contributed by atoms with Gasteiger partial charge in [0.1, 0.15) is 10.7 Å². The maximum atomic E-state index is 13.2. The quantitative estimate of drug-likeness (QED) is 0.600. The molecule has 0 aliphatic rings. The molecule has 0 saturated carbocycles. The van der Waals surface area contributed by atoms with Crippen LogP contribution in [0.25, 0.3) is 11.3 Å². The fourth-order valence-corrected chi connectivity index (χ4v) is 3.35. The summed E-state index contributed by atoms with van der Waals surface area (Å²) >= 11 is 0. The van der Waals surface area contributed by atoms with Gasteiger partial charge < -0.3 is 16.2 Å². The second-order valence-electron chi connectivity index (χ2n) is 5.70. The van der Waals surface area contributed by atoms with Gasteiger partial charge in [-0.15, -0.1) is 0 Å². The first-order valence-electron chi connectivity index (χ1n) is 8.07. The van der Waals surface area contributed by atoms with Crippen LogP contribution < -0.4 is 11.1 Å². The molecular weight excluding hydrogens is 377 g/mol. The summed E-state index contributed by atoms with van der Waals surface area (Å²) in [6, 6.07) is 6.01. The molecule has 8 nitrogen and oxygen atoms in total. The zero-order valence-electron chi connectivity index (χ0n) is 14.8. The fraction of sp³-hybridized carbons (Fsp3) is 0.294. The summed E-state index contributed by atoms with van der Waals surface area (Å²) in [5.41, 5.74) is 5.60. The van der Waals surface area contributed by atoms with E-state index in [2.05, 4.69) is 10.3 Å². The Morgan fingerprint density at radius 3 is 2.56 bits per heavy atom. The highest BCUT2D eigenvalue weighted by molar-refractivity contribution is 7.87. The van der Waals surface area contributed by atoms with E-state index in [0.29, 0.717) is 0 Å². The van der Waals surface area contributed by atoms with Crippen LogP contribution in [-0.2, 0) is 14.3 Å². The third-order valence-electron chi connectivity index (χ3n) is 3.45. The van der Waals surface area contributed by atoms with Gasteiger partial charge in [-0.3, -0.25) is 8.98 Å². The van der Waals surface area contributed by atoms with Crippen LogP contribution in [-0.4, -0.2) is 43.7 Å². The van der Waals surface area contributed by atoms with Crippen LogP contribution in [0.15, 0.2) is 35.2 Å². The van der Waals surface area contributed by atoms with Crippen molar-refractivity contribution in [3.8, 4) is 11.3 Å². The molecule has 1 aromatic carbocycles. The lowest BCUT2D eigenvalue weighted by atomic mass is 10.1. The predicted molar refractivity (Wildman–Crippen MR) is 96.9 cm³/mol. The summed E-state index contributed by atoms with van der Waals surface area (Å²) in [5.74, 6) is -1.20. The third-order valence-corrected chi connectivity index (χ3v) is 4.85. The second kappa shape index (κ2) is 8.42. The average molecular weight is 397 g/mol. The molecule has 1 heterocycles. The maximum absolute atomic E-state index is 13.2. The van der Waals surface area contributed by atoms with Crippen LogP contribution in [0.2, 0.25) is 0 Å². The molecule has 0 spiro atoms. The zero-order valence-corrected chi connectivity index (χ0v) is 15.6.